The first kappa shape index (κ1) is 10.9. The minimum Gasteiger partial charge on any atom is -0.506 e. The largest absolute Gasteiger partial charge is 0.506 e. The van der Waals surface area contributed by atoms with Crippen molar-refractivity contribution in [3.05, 3.63) is 16.7 Å². The van der Waals surface area contributed by atoms with Gasteiger partial charge >= 0.3 is 0 Å². The van der Waals surface area contributed by atoms with Crippen molar-refractivity contribution in [1.82, 2.24) is 0 Å². The number of aliphatic hydroxyl groups excluding tert-OH is 1. The van der Waals surface area contributed by atoms with E-state index in [2.05, 4.69) is 0 Å². The third kappa shape index (κ3) is 1.71. The van der Waals surface area contributed by atoms with E-state index in [1.54, 1.807) is 6.92 Å². The van der Waals surface area contributed by atoms with E-state index in [0.29, 0.717) is 0 Å². The summed E-state index contributed by atoms with van der Waals surface area (Å²) in [7, 11) is 0. The molecule has 4 N–H and O–H groups in total. The van der Waals surface area contributed by atoms with Crippen molar-refractivity contribution < 1.29 is 20.4 Å². The molecule has 0 radical (unpaired) electrons. The van der Waals surface area contributed by atoms with Gasteiger partial charge in [-0.3, -0.25) is 0 Å². The van der Waals surface area contributed by atoms with Gasteiger partial charge in [-0.15, -0.1) is 0 Å². The maximum absolute atomic E-state index is 9.45. The van der Waals surface area contributed by atoms with E-state index in [4.69, 9.17) is 16.7 Å². The van der Waals surface area contributed by atoms with Crippen LogP contribution in [0.15, 0.2) is 6.07 Å². The van der Waals surface area contributed by atoms with E-state index < -0.39 is 17.4 Å². The van der Waals surface area contributed by atoms with E-state index in [1.807, 2.05) is 0 Å². The van der Waals surface area contributed by atoms with Crippen LogP contribution in [0.1, 0.15) is 18.4 Å². The Morgan fingerprint density at radius 1 is 1.29 bits per heavy atom. The van der Waals surface area contributed by atoms with Gasteiger partial charge in [0.1, 0.15) is 5.75 Å². The summed E-state index contributed by atoms with van der Waals surface area (Å²) in [6.45, 7) is 1.37. The summed E-state index contributed by atoms with van der Waals surface area (Å²) in [6, 6.07) is 0.950. The lowest BCUT2D eigenvalue weighted by Crippen LogP contribution is -2.00. The summed E-state index contributed by atoms with van der Waals surface area (Å²) >= 11 is 5.71. The highest BCUT2D eigenvalue weighted by Gasteiger charge is 2.20. The highest BCUT2D eigenvalue weighted by Crippen LogP contribution is 2.43. The van der Waals surface area contributed by atoms with Gasteiger partial charge < -0.3 is 20.4 Å². The van der Waals surface area contributed by atoms with Crippen LogP contribution in [0.3, 0.4) is 0 Å². The number of hydrogen-bond donors (Lipinski definition) is 4. The van der Waals surface area contributed by atoms with Gasteiger partial charge in [0, 0.05) is 24.2 Å². The number of halogens is 1. The second kappa shape index (κ2) is 3.94. The highest BCUT2D eigenvalue weighted by molar-refractivity contribution is 6.33. The lowest BCUT2D eigenvalue weighted by molar-refractivity contribution is 0.269. The molecule has 14 heavy (non-hydrogen) atoms. The predicted octanol–water partition coefficient (Wildman–Crippen LogP) is 1.55. The molecule has 0 spiro atoms. The second-order valence-electron chi connectivity index (χ2n) is 3.07. The third-order valence-corrected chi connectivity index (χ3v) is 2.40. The Kier molecular flexibility index (Phi) is 3.08. The molecule has 0 heterocycles. The first-order valence-corrected chi connectivity index (χ1v) is 4.41. The molecule has 0 saturated heterocycles. The van der Waals surface area contributed by atoms with Crippen LogP contribution in [0, 0.1) is 0 Å². The smallest absolute Gasteiger partial charge is 0.162 e. The van der Waals surface area contributed by atoms with Crippen molar-refractivity contribution >= 4 is 11.6 Å². The van der Waals surface area contributed by atoms with Crippen LogP contribution in [-0.2, 0) is 0 Å². The van der Waals surface area contributed by atoms with Crippen molar-refractivity contribution in [1.29, 1.82) is 0 Å². The number of benzene rings is 1. The molecule has 1 rings (SSSR count). The zero-order chi connectivity index (χ0) is 10.9. The first-order valence-electron chi connectivity index (χ1n) is 4.03. The molecule has 1 aromatic rings. The maximum Gasteiger partial charge on any atom is 0.162 e. The molecule has 0 bridgehead atoms. The molecule has 0 aromatic heterocycles. The quantitative estimate of drug-likeness (QED) is 0.449. The molecule has 1 unspecified atom stereocenters. The summed E-state index contributed by atoms with van der Waals surface area (Å²) in [4.78, 5) is 0. The van der Waals surface area contributed by atoms with Crippen molar-refractivity contribution in [2.24, 2.45) is 0 Å². The maximum atomic E-state index is 9.45. The Balaban J connectivity index is 3.39. The van der Waals surface area contributed by atoms with Crippen LogP contribution in [0.5, 0.6) is 17.2 Å². The van der Waals surface area contributed by atoms with Crippen LogP contribution in [-0.4, -0.2) is 27.0 Å². The number of phenols is 3. The number of aliphatic hydroxyl groups is 1. The standard InChI is InChI=1S/C9H11ClO4/c1-4(3-11)7-8(10)5(12)2-6(13)9(7)14/h2,4,11-14H,3H2,1H3. The molecule has 5 heteroatoms. The van der Waals surface area contributed by atoms with Crippen LogP contribution < -0.4 is 0 Å². The number of hydrogen-bond acceptors (Lipinski definition) is 4. The van der Waals surface area contributed by atoms with E-state index in [9.17, 15) is 15.3 Å². The zero-order valence-electron chi connectivity index (χ0n) is 7.53. The normalized spacial score (nSPS) is 12.8. The van der Waals surface area contributed by atoms with Gasteiger partial charge in [-0.2, -0.15) is 0 Å². The number of rotatable bonds is 2. The molecule has 0 aliphatic heterocycles. The van der Waals surface area contributed by atoms with E-state index in [1.165, 1.54) is 0 Å². The average Bonchev–Trinajstić information content (AvgIpc) is 2.15. The van der Waals surface area contributed by atoms with Crippen LogP contribution in [0.4, 0.5) is 0 Å². The fourth-order valence-electron chi connectivity index (χ4n) is 1.18. The lowest BCUT2D eigenvalue weighted by atomic mass is 10.00. The molecule has 0 aliphatic rings. The van der Waals surface area contributed by atoms with Crippen LogP contribution in [0.25, 0.3) is 0 Å². The average molecular weight is 219 g/mol. The summed E-state index contributed by atoms with van der Waals surface area (Å²) in [6.07, 6.45) is 0. The van der Waals surface area contributed by atoms with E-state index in [-0.39, 0.29) is 22.9 Å². The van der Waals surface area contributed by atoms with Crippen LogP contribution in [0.2, 0.25) is 5.02 Å². The monoisotopic (exact) mass is 218 g/mol. The Morgan fingerprint density at radius 2 is 1.86 bits per heavy atom. The molecular weight excluding hydrogens is 208 g/mol. The Labute approximate surface area is 86.0 Å². The van der Waals surface area contributed by atoms with Crippen molar-refractivity contribution in [3.8, 4) is 17.2 Å². The van der Waals surface area contributed by atoms with Gasteiger partial charge in [-0.25, -0.2) is 0 Å². The molecule has 78 valence electrons. The molecule has 0 aliphatic carbocycles. The molecule has 4 nitrogen and oxygen atoms in total. The molecule has 0 saturated carbocycles. The lowest BCUT2D eigenvalue weighted by Gasteiger charge is -2.14. The molecule has 0 amide bonds. The van der Waals surface area contributed by atoms with Gasteiger partial charge in [0.05, 0.1) is 5.02 Å². The SMILES string of the molecule is CC(CO)c1c(O)c(O)cc(O)c1Cl. The Hall–Kier alpha value is -1.13. The van der Waals surface area contributed by atoms with Gasteiger partial charge in [0.25, 0.3) is 0 Å². The third-order valence-electron chi connectivity index (χ3n) is 2.00. The van der Waals surface area contributed by atoms with Gasteiger partial charge in [-0.05, 0) is 0 Å². The Morgan fingerprint density at radius 3 is 2.36 bits per heavy atom. The van der Waals surface area contributed by atoms with Crippen LogP contribution >= 0.6 is 11.6 Å². The number of aromatic hydroxyl groups is 3. The summed E-state index contributed by atoms with van der Waals surface area (Å²) in [5.41, 5.74) is 0.145. The van der Waals surface area contributed by atoms with Gasteiger partial charge in [0.15, 0.2) is 11.5 Å². The van der Waals surface area contributed by atoms with E-state index in [0.717, 1.165) is 6.07 Å². The van der Waals surface area contributed by atoms with Gasteiger partial charge in [-0.1, -0.05) is 18.5 Å². The van der Waals surface area contributed by atoms with Crippen molar-refractivity contribution in [3.63, 3.8) is 0 Å². The number of phenolic OH excluding ortho intramolecular Hbond substituents is 3. The van der Waals surface area contributed by atoms with Crippen molar-refractivity contribution in [2.75, 3.05) is 6.61 Å². The zero-order valence-corrected chi connectivity index (χ0v) is 8.28. The molecule has 1 atom stereocenters. The molecule has 0 fully saturated rings. The summed E-state index contributed by atoms with van der Waals surface area (Å²) < 4.78 is 0. The summed E-state index contributed by atoms with van der Waals surface area (Å²) in [5.74, 6) is -1.64. The minimum atomic E-state index is -0.458. The fourth-order valence-corrected chi connectivity index (χ4v) is 1.51. The Bertz CT molecular complexity index is 325. The minimum absolute atomic E-state index is 0.0538. The van der Waals surface area contributed by atoms with Gasteiger partial charge in [0.2, 0.25) is 0 Å². The molecule has 1 aromatic carbocycles. The highest BCUT2D eigenvalue weighted by atomic mass is 35.5. The van der Waals surface area contributed by atoms with Crippen molar-refractivity contribution in [2.45, 2.75) is 12.8 Å². The predicted molar refractivity (Wildman–Crippen MR) is 51.9 cm³/mol. The topological polar surface area (TPSA) is 80.9 Å². The van der Waals surface area contributed by atoms with E-state index >= 15 is 0 Å². The summed E-state index contributed by atoms with van der Waals surface area (Å²) in [5, 5.41) is 36.7. The first-order chi connectivity index (χ1) is 6.49. The second-order valence-corrected chi connectivity index (χ2v) is 3.45. The molecular formula is C9H11ClO4. The fraction of sp³-hybridized carbons (Fsp3) is 0.333.